The number of amides is 2. The molecule has 3 rings (SSSR count). The van der Waals surface area contributed by atoms with Crippen LogP contribution in [0.5, 0.6) is 0 Å². The predicted octanol–water partition coefficient (Wildman–Crippen LogP) is 1.62. The van der Waals surface area contributed by atoms with E-state index in [4.69, 9.17) is 0 Å². The Bertz CT molecular complexity index is 723. The average molecular weight is 359 g/mol. The maximum absolute atomic E-state index is 13.6. The lowest BCUT2D eigenvalue weighted by molar-refractivity contribution is 0.168. The lowest BCUT2D eigenvalue weighted by atomic mass is 10.1. The lowest BCUT2D eigenvalue weighted by Gasteiger charge is -2.32. The van der Waals surface area contributed by atoms with Gasteiger partial charge in [0.25, 0.3) is 0 Å². The standard InChI is InChI=1S/C18H22FN5O2/c19-15-5-2-1-4-14(15)16(25)12-22-18(26)23-13-6-10-24(11-7-13)17-20-8-3-9-21-17/h1-5,8-9,13,16,25H,6-7,10-12H2,(H2,22,23,26). The number of hydrogen-bond acceptors (Lipinski definition) is 5. The summed E-state index contributed by atoms with van der Waals surface area (Å²) in [7, 11) is 0. The third-order valence-corrected chi connectivity index (χ3v) is 4.39. The minimum absolute atomic E-state index is 0.0422. The zero-order valence-corrected chi connectivity index (χ0v) is 14.3. The fourth-order valence-electron chi connectivity index (χ4n) is 2.96. The number of aliphatic hydroxyl groups excluding tert-OH is 1. The summed E-state index contributed by atoms with van der Waals surface area (Å²) in [6.07, 6.45) is 3.89. The highest BCUT2D eigenvalue weighted by Gasteiger charge is 2.22. The minimum atomic E-state index is -1.08. The Labute approximate surface area is 151 Å². The summed E-state index contributed by atoms with van der Waals surface area (Å²) in [5.74, 6) is 0.209. The molecule has 138 valence electrons. The molecule has 0 spiro atoms. The van der Waals surface area contributed by atoms with Gasteiger partial charge in [-0.3, -0.25) is 0 Å². The number of nitrogens with one attached hydrogen (secondary N) is 2. The van der Waals surface area contributed by atoms with Crippen molar-refractivity contribution in [3.05, 3.63) is 54.1 Å². The number of benzene rings is 1. The van der Waals surface area contributed by atoms with Crippen molar-refractivity contribution in [2.45, 2.75) is 25.0 Å². The number of aliphatic hydroxyl groups is 1. The first kappa shape index (κ1) is 18.1. The van der Waals surface area contributed by atoms with Crippen LogP contribution in [-0.2, 0) is 0 Å². The van der Waals surface area contributed by atoms with Gasteiger partial charge in [-0.05, 0) is 25.0 Å². The monoisotopic (exact) mass is 359 g/mol. The van der Waals surface area contributed by atoms with Crippen LogP contribution in [-0.4, -0.2) is 46.8 Å². The number of carbonyl (C=O) groups excluding carboxylic acids is 1. The molecule has 0 radical (unpaired) electrons. The third-order valence-electron chi connectivity index (χ3n) is 4.39. The Morgan fingerprint density at radius 3 is 2.62 bits per heavy atom. The summed E-state index contributed by atoms with van der Waals surface area (Å²) >= 11 is 0. The fraction of sp³-hybridized carbons (Fsp3) is 0.389. The first-order valence-corrected chi connectivity index (χ1v) is 8.62. The molecule has 0 aliphatic carbocycles. The average Bonchev–Trinajstić information content (AvgIpc) is 2.68. The molecule has 8 heteroatoms. The van der Waals surface area contributed by atoms with Gasteiger partial charge in [-0.1, -0.05) is 18.2 Å². The van der Waals surface area contributed by atoms with Crippen molar-refractivity contribution in [1.29, 1.82) is 0 Å². The van der Waals surface area contributed by atoms with Crippen LogP contribution >= 0.6 is 0 Å². The van der Waals surface area contributed by atoms with Gasteiger partial charge in [0.2, 0.25) is 5.95 Å². The predicted molar refractivity (Wildman–Crippen MR) is 95.2 cm³/mol. The van der Waals surface area contributed by atoms with Crippen molar-refractivity contribution in [3.63, 3.8) is 0 Å². The van der Waals surface area contributed by atoms with E-state index in [0.29, 0.717) is 5.95 Å². The summed E-state index contributed by atoms with van der Waals surface area (Å²) in [5, 5.41) is 15.5. The number of rotatable bonds is 5. The zero-order valence-electron chi connectivity index (χ0n) is 14.3. The van der Waals surface area contributed by atoms with Crippen LogP contribution in [0.2, 0.25) is 0 Å². The number of piperidine rings is 1. The molecule has 7 nitrogen and oxygen atoms in total. The van der Waals surface area contributed by atoms with Crippen LogP contribution in [0.4, 0.5) is 15.1 Å². The van der Waals surface area contributed by atoms with Gasteiger partial charge in [0.05, 0.1) is 6.10 Å². The van der Waals surface area contributed by atoms with Gasteiger partial charge < -0.3 is 20.6 Å². The summed E-state index contributed by atoms with van der Waals surface area (Å²) in [4.78, 5) is 22.6. The van der Waals surface area contributed by atoms with E-state index in [1.54, 1.807) is 30.6 Å². The molecule has 1 aromatic heterocycles. The topological polar surface area (TPSA) is 90.4 Å². The molecule has 2 heterocycles. The van der Waals surface area contributed by atoms with Gasteiger partial charge in [-0.15, -0.1) is 0 Å². The lowest BCUT2D eigenvalue weighted by Crippen LogP contribution is -2.48. The number of halogens is 1. The van der Waals surface area contributed by atoms with Gasteiger partial charge in [-0.25, -0.2) is 19.2 Å². The van der Waals surface area contributed by atoms with Crippen molar-refractivity contribution < 1.29 is 14.3 Å². The maximum Gasteiger partial charge on any atom is 0.315 e. The maximum atomic E-state index is 13.6. The van der Waals surface area contributed by atoms with Crippen LogP contribution in [0.15, 0.2) is 42.7 Å². The first-order valence-electron chi connectivity index (χ1n) is 8.62. The number of urea groups is 1. The SMILES string of the molecule is O=C(NCC(O)c1ccccc1F)NC1CCN(c2ncccn2)CC1. The van der Waals surface area contributed by atoms with E-state index in [1.807, 2.05) is 0 Å². The molecule has 1 atom stereocenters. The highest BCUT2D eigenvalue weighted by molar-refractivity contribution is 5.74. The Hall–Kier alpha value is -2.74. The highest BCUT2D eigenvalue weighted by Crippen LogP contribution is 2.16. The summed E-state index contributed by atoms with van der Waals surface area (Å²) < 4.78 is 13.6. The molecular formula is C18H22FN5O2. The van der Waals surface area contributed by atoms with Crippen LogP contribution in [0.3, 0.4) is 0 Å². The molecule has 2 aromatic rings. The van der Waals surface area contributed by atoms with Crippen LogP contribution in [0.25, 0.3) is 0 Å². The van der Waals surface area contributed by atoms with E-state index in [-0.39, 0.29) is 24.2 Å². The van der Waals surface area contributed by atoms with Gasteiger partial charge in [0.1, 0.15) is 5.82 Å². The Morgan fingerprint density at radius 2 is 1.92 bits per heavy atom. The van der Waals surface area contributed by atoms with Crippen molar-refractivity contribution in [3.8, 4) is 0 Å². The number of aromatic nitrogens is 2. The molecule has 1 saturated heterocycles. The van der Waals surface area contributed by atoms with Crippen molar-refractivity contribution >= 4 is 12.0 Å². The number of carbonyl (C=O) groups is 1. The highest BCUT2D eigenvalue weighted by atomic mass is 19.1. The molecule has 1 aliphatic rings. The number of hydrogen-bond donors (Lipinski definition) is 3. The summed E-state index contributed by atoms with van der Waals surface area (Å²) in [6.45, 7) is 1.46. The number of anilines is 1. The van der Waals surface area contributed by atoms with Gasteiger partial charge in [-0.2, -0.15) is 0 Å². The molecule has 3 N–H and O–H groups in total. The van der Waals surface area contributed by atoms with Gasteiger partial charge in [0.15, 0.2) is 0 Å². The van der Waals surface area contributed by atoms with E-state index < -0.39 is 11.9 Å². The smallest absolute Gasteiger partial charge is 0.315 e. The zero-order chi connectivity index (χ0) is 18.4. The Balaban J connectivity index is 1.41. The summed E-state index contributed by atoms with van der Waals surface area (Å²) in [5.41, 5.74) is 0.170. The summed E-state index contributed by atoms with van der Waals surface area (Å²) in [6, 6.07) is 7.43. The Morgan fingerprint density at radius 1 is 1.23 bits per heavy atom. The van der Waals surface area contributed by atoms with Crippen LogP contribution in [0, 0.1) is 5.82 Å². The van der Waals surface area contributed by atoms with Gasteiger partial charge >= 0.3 is 6.03 Å². The second-order valence-electron chi connectivity index (χ2n) is 6.20. The van der Waals surface area contributed by atoms with Crippen LogP contribution in [0.1, 0.15) is 24.5 Å². The molecule has 1 aromatic carbocycles. The normalized spacial score (nSPS) is 16.2. The van der Waals surface area contributed by atoms with Gasteiger partial charge in [0, 0.05) is 43.6 Å². The second-order valence-corrected chi connectivity index (χ2v) is 6.20. The van der Waals surface area contributed by atoms with E-state index in [1.165, 1.54) is 12.1 Å². The largest absolute Gasteiger partial charge is 0.386 e. The van der Waals surface area contributed by atoms with E-state index in [2.05, 4.69) is 25.5 Å². The van der Waals surface area contributed by atoms with E-state index in [0.717, 1.165) is 25.9 Å². The molecule has 26 heavy (non-hydrogen) atoms. The van der Waals surface area contributed by atoms with Crippen molar-refractivity contribution in [2.24, 2.45) is 0 Å². The van der Waals surface area contributed by atoms with Crippen LogP contribution < -0.4 is 15.5 Å². The second kappa shape index (κ2) is 8.57. The molecule has 0 bridgehead atoms. The first-order chi connectivity index (χ1) is 12.6. The molecule has 1 aliphatic heterocycles. The third kappa shape index (κ3) is 4.66. The van der Waals surface area contributed by atoms with Crippen molar-refractivity contribution in [1.82, 2.24) is 20.6 Å². The van der Waals surface area contributed by atoms with E-state index in [9.17, 15) is 14.3 Å². The molecule has 1 fully saturated rings. The fourth-order valence-corrected chi connectivity index (χ4v) is 2.96. The van der Waals surface area contributed by atoms with E-state index >= 15 is 0 Å². The molecule has 1 unspecified atom stereocenters. The molecule has 2 amide bonds. The quantitative estimate of drug-likeness (QED) is 0.755. The molecule has 0 saturated carbocycles. The van der Waals surface area contributed by atoms with Crippen molar-refractivity contribution in [2.75, 3.05) is 24.5 Å². The Kier molecular flexibility index (Phi) is 5.96. The molecular weight excluding hydrogens is 337 g/mol. The number of nitrogens with zero attached hydrogens (tertiary/aromatic N) is 3. The minimum Gasteiger partial charge on any atom is -0.386 e.